The molecule has 2 aliphatic heterocycles. The monoisotopic (exact) mass is 628 g/mol. The Morgan fingerprint density at radius 2 is 0.900 bits per heavy atom. The molecule has 0 bridgehead atoms. The second-order valence-corrected chi connectivity index (χ2v) is 14.3. The minimum Gasteiger partial charge on any atom is -0.0666 e. The van der Waals surface area contributed by atoms with Gasteiger partial charge >= 0.3 is 0 Å². The lowest BCUT2D eigenvalue weighted by Gasteiger charge is -2.42. The molecule has 0 nitrogen and oxygen atoms in total. The average molecular weight is 629 g/mol. The summed E-state index contributed by atoms with van der Waals surface area (Å²) in [5.41, 5.74) is 17.6. The van der Waals surface area contributed by atoms with Crippen LogP contribution in [-0.2, 0) is 5.41 Å². The molecule has 0 N–H and O–H groups in total. The summed E-state index contributed by atoms with van der Waals surface area (Å²) in [5.74, 6) is 0. The van der Waals surface area contributed by atoms with E-state index >= 15 is 0 Å². The SMILES string of the molecule is c1ccc2c(c1)B1c3ccc(-c4ccc5c(ccc6c7ccccc7ccc56)c4)cc3-c3cccc(c31)C21c2ccccc2-c2ccccc21. The summed E-state index contributed by atoms with van der Waals surface area (Å²) in [6.45, 7) is 0.213. The number of rotatable bonds is 1. The maximum absolute atomic E-state index is 2.46. The lowest BCUT2D eigenvalue weighted by molar-refractivity contribution is 0.775. The summed E-state index contributed by atoms with van der Waals surface area (Å²) in [7, 11) is 0. The van der Waals surface area contributed by atoms with E-state index in [1.54, 1.807) is 0 Å². The number of benzene rings is 9. The van der Waals surface area contributed by atoms with Crippen LogP contribution < -0.4 is 16.4 Å². The Kier molecular flexibility index (Phi) is 5.08. The fourth-order valence-electron chi connectivity index (χ4n) is 10.2. The van der Waals surface area contributed by atoms with Crippen molar-refractivity contribution >= 4 is 55.4 Å². The van der Waals surface area contributed by atoms with Crippen LogP contribution in [0.4, 0.5) is 0 Å². The van der Waals surface area contributed by atoms with E-state index in [2.05, 4.69) is 176 Å². The van der Waals surface area contributed by atoms with Gasteiger partial charge in [-0.05, 0) is 100 Å². The summed E-state index contributed by atoms with van der Waals surface area (Å²) >= 11 is 0. The van der Waals surface area contributed by atoms with E-state index in [4.69, 9.17) is 0 Å². The van der Waals surface area contributed by atoms with E-state index < -0.39 is 0 Å². The molecule has 3 aliphatic rings. The molecule has 1 spiro atoms. The van der Waals surface area contributed by atoms with Crippen LogP contribution >= 0.6 is 0 Å². The molecule has 1 aliphatic carbocycles. The third-order valence-corrected chi connectivity index (χ3v) is 12.2. The van der Waals surface area contributed by atoms with Gasteiger partial charge in [-0.25, -0.2) is 0 Å². The van der Waals surface area contributed by atoms with Crippen molar-refractivity contribution in [3.05, 3.63) is 198 Å². The lowest BCUT2D eigenvalue weighted by Crippen LogP contribution is -2.59. The van der Waals surface area contributed by atoms with E-state index in [-0.39, 0.29) is 12.1 Å². The zero-order valence-electron chi connectivity index (χ0n) is 27.3. The molecule has 9 aromatic rings. The second-order valence-electron chi connectivity index (χ2n) is 14.3. The first-order chi connectivity index (χ1) is 24.8. The molecule has 9 aromatic carbocycles. The lowest BCUT2D eigenvalue weighted by atomic mass is 9.32. The molecule has 0 radical (unpaired) electrons. The summed E-state index contributed by atoms with van der Waals surface area (Å²) in [5, 5.41) is 7.81. The van der Waals surface area contributed by atoms with Gasteiger partial charge in [0.2, 0.25) is 6.71 Å². The Morgan fingerprint density at radius 3 is 1.72 bits per heavy atom. The van der Waals surface area contributed by atoms with Gasteiger partial charge in [-0.3, -0.25) is 0 Å². The molecule has 12 rings (SSSR count). The minimum absolute atomic E-state index is 0.213. The third kappa shape index (κ3) is 3.19. The smallest absolute Gasteiger partial charge is 0.0666 e. The Bertz CT molecular complexity index is 2900. The summed E-state index contributed by atoms with van der Waals surface area (Å²) in [6, 6.07) is 66.7. The fourth-order valence-corrected chi connectivity index (χ4v) is 10.2. The van der Waals surface area contributed by atoms with Crippen LogP contribution in [0.25, 0.3) is 65.7 Å². The molecule has 0 saturated carbocycles. The first-order valence-electron chi connectivity index (χ1n) is 17.7. The fraction of sp³-hybridized carbons (Fsp3) is 0.0204. The van der Waals surface area contributed by atoms with Crippen molar-refractivity contribution in [2.75, 3.05) is 0 Å². The molecule has 0 saturated heterocycles. The Balaban J connectivity index is 1.07. The first kappa shape index (κ1) is 26.7. The quantitative estimate of drug-likeness (QED) is 0.125. The largest absolute Gasteiger partial charge is 0.243 e. The van der Waals surface area contributed by atoms with Crippen LogP contribution in [0.15, 0.2) is 176 Å². The van der Waals surface area contributed by atoms with E-state index in [1.165, 1.54) is 104 Å². The van der Waals surface area contributed by atoms with Gasteiger partial charge in [0.1, 0.15) is 0 Å². The second kappa shape index (κ2) is 9.50. The van der Waals surface area contributed by atoms with Crippen LogP contribution in [0.2, 0.25) is 0 Å². The standard InChI is InChI=1S/C49H29B/c1-2-11-34-30(10-1)20-25-37-35-24-21-31(28-33(35)22-26-36(34)37)32-23-27-46-41(29-32)40-14-9-18-45-48(40)50(46)47-19-8-7-17-44(47)49(45)42-15-5-3-12-38(42)39-13-4-6-16-43(39)49/h1-29H. The highest BCUT2D eigenvalue weighted by Crippen LogP contribution is 2.57. The van der Waals surface area contributed by atoms with Gasteiger partial charge in [0, 0.05) is 0 Å². The minimum atomic E-state index is -0.344. The average Bonchev–Trinajstić information content (AvgIpc) is 3.68. The molecule has 228 valence electrons. The van der Waals surface area contributed by atoms with Crippen LogP contribution in [0, 0.1) is 0 Å². The zero-order chi connectivity index (χ0) is 32.6. The number of hydrogen-bond donors (Lipinski definition) is 0. The molecular formula is C49H29B. The van der Waals surface area contributed by atoms with Gasteiger partial charge in [0.05, 0.1) is 5.41 Å². The van der Waals surface area contributed by atoms with Gasteiger partial charge in [-0.2, -0.15) is 0 Å². The first-order valence-corrected chi connectivity index (χ1v) is 17.7. The predicted octanol–water partition coefficient (Wildman–Crippen LogP) is 9.99. The van der Waals surface area contributed by atoms with Crippen molar-refractivity contribution in [2.24, 2.45) is 0 Å². The van der Waals surface area contributed by atoms with E-state index in [1.807, 2.05) is 0 Å². The number of hydrogen-bond acceptors (Lipinski definition) is 0. The summed E-state index contributed by atoms with van der Waals surface area (Å²) in [4.78, 5) is 0. The molecule has 0 unspecified atom stereocenters. The Hall–Kier alpha value is -6.18. The molecule has 1 heteroatoms. The third-order valence-electron chi connectivity index (χ3n) is 12.2. The molecule has 0 aromatic heterocycles. The van der Waals surface area contributed by atoms with Gasteiger partial charge in [-0.15, -0.1) is 0 Å². The van der Waals surface area contributed by atoms with Gasteiger partial charge in [0.15, 0.2) is 0 Å². The normalized spacial score (nSPS) is 14.1. The highest BCUT2D eigenvalue weighted by molar-refractivity contribution is 7.00. The predicted molar refractivity (Wildman–Crippen MR) is 212 cm³/mol. The number of fused-ring (bicyclic) bond motifs is 17. The van der Waals surface area contributed by atoms with Crippen LogP contribution in [0.5, 0.6) is 0 Å². The van der Waals surface area contributed by atoms with Crippen molar-refractivity contribution < 1.29 is 0 Å². The van der Waals surface area contributed by atoms with E-state index in [0.717, 1.165) is 0 Å². The van der Waals surface area contributed by atoms with Crippen LogP contribution in [-0.4, -0.2) is 6.71 Å². The highest BCUT2D eigenvalue weighted by Gasteiger charge is 2.54. The van der Waals surface area contributed by atoms with Gasteiger partial charge in [-0.1, -0.05) is 180 Å². The summed E-state index contributed by atoms with van der Waals surface area (Å²) in [6.07, 6.45) is 0. The Morgan fingerprint density at radius 1 is 0.320 bits per heavy atom. The van der Waals surface area contributed by atoms with Crippen molar-refractivity contribution in [3.63, 3.8) is 0 Å². The van der Waals surface area contributed by atoms with E-state index in [9.17, 15) is 0 Å². The van der Waals surface area contributed by atoms with Gasteiger partial charge < -0.3 is 0 Å². The topological polar surface area (TPSA) is 0 Å². The zero-order valence-corrected chi connectivity index (χ0v) is 27.3. The Labute approximate surface area is 291 Å². The van der Waals surface area contributed by atoms with Crippen molar-refractivity contribution in [1.29, 1.82) is 0 Å². The van der Waals surface area contributed by atoms with Crippen molar-refractivity contribution in [1.82, 2.24) is 0 Å². The molecule has 0 fully saturated rings. The molecule has 50 heavy (non-hydrogen) atoms. The van der Waals surface area contributed by atoms with Gasteiger partial charge in [0.25, 0.3) is 0 Å². The maximum Gasteiger partial charge on any atom is 0.243 e. The van der Waals surface area contributed by atoms with Crippen molar-refractivity contribution in [2.45, 2.75) is 5.41 Å². The van der Waals surface area contributed by atoms with Crippen LogP contribution in [0.1, 0.15) is 22.3 Å². The maximum atomic E-state index is 2.46. The molecule has 0 atom stereocenters. The van der Waals surface area contributed by atoms with E-state index in [0.29, 0.717) is 0 Å². The van der Waals surface area contributed by atoms with Crippen LogP contribution in [0.3, 0.4) is 0 Å². The molecule has 2 heterocycles. The summed E-state index contributed by atoms with van der Waals surface area (Å²) < 4.78 is 0. The highest BCUT2D eigenvalue weighted by atomic mass is 14.5. The van der Waals surface area contributed by atoms with Crippen molar-refractivity contribution in [3.8, 4) is 33.4 Å². The molecular weight excluding hydrogens is 599 g/mol. The molecule has 0 amide bonds.